The predicted molar refractivity (Wildman–Crippen MR) is 119 cm³/mol. The number of sulfone groups is 1. The third-order valence-corrected chi connectivity index (χ3v) is 8.09. The van der Waals surface area contributed by atoms with Crippen LogP contribution in [0.5, 0.6) is 0 Å². The Balaban J connectivity index is 1.42. The Morgan fingerprint density at radius 1 is 0.875 bits per heavy atom. The summed E-state index contributed by atoms with van der Waals surface area (Å²) in [4.78, 5) is 38.1. The second kappa shape index (κ2) is 9.24. The van der Waals surface area contributed by atoms with Gasteiger partial charge in [0.05, 0.1) is 9.79 Å². The van der Waals surface area contributed by atoms with Crippen molar-refractivity contribution in [2.45, 2.75) is 54.4 Å². The van der Waals surface area contributed by atoms with Crippen molar-refractivity contribution in [3.05, 3.63) is 54.6 Å². The average Bonchev–Trinajstić information content (AvgIpc) is 2.80. The van der Waals surface area contributed by atoms with Crippen LogP contribution in [-0.4, -0.2) is 32.1 Å². The zero-order chi connectivity index (χ0) is 22.7. The summed E-state index contributed by atoms with van der Waals surface area (Å²) >= 11 is 0. The molecule has 2 N–H and O–H groups in total. The summed E-state index contributed by atoms with van der Waals surface area (Å²) in [6, 6.07) is 13.5. The van der Waals surface area contributed by atoms with E-state index < -0.39 is 27.6 Å². The van der Waals surface area contributed by atoms with Crippen molar-refractivity contribution >= 4 is 33.1 Å². The lowest BCUT2D eigenvalue weighted by molar-refractivity contribution is -0.143. The Morgan fingerprint density at radius 3 is 2.12 bits per heavy atom. The number of carbonyl (C=O) groups excluding carboxylic acids is 3. The second-order valence-electron chi connectivity index (χ2n) is 8.45. The Labute approximate surface area is 187 Å². The normalized spacial score (nSPS) is 22.2. The molecule has 1 aliphatic carbocycles. The molecule has 2 aliphatic rings. The van der Waals surface area contributed by atoms with Gasteiger partial charge in [-0.2, -0.15) is 0 Å². The van der Waals surface area contributed by atoms with Crippen LogP contribution in [0.4, 0.5) is 5.69 Å². The number of carbonyl (C=O) groups is 3. The van der Waals surface area contributed by atoms with E-state index in [4.69, 9.17) is 0 Å². The highest BCUT2D eigenvalue weighted by atomic mass is 32.2. The number of anilines is 1. The summed E-state index contributed by atoms with van der Waals surface area (Å²) in [5.41, 5.74) is 0.317. The van der Waals surface area contributed by atoms with Crippen molar-refractivity contribution in [2.24, 2.45) is 11.8 Å². The largest absolute Gasteiger partial charge is 0.352 e. The number of hydrogen-bond acceptors (Lipinski definition) is 5. The lowest BCUT2D eigenvalue weighted by Gasteiger charge is -2.35. The third kappa shape index (κ3) is 4.60. The van der Waals surface area contributed by atoms with Crippen LogP contribution in [-0.2, 0) is 24.2 Å². The quantitative estimate of drug-likeness (QED) is 0.675. The number of piperidine rings is 1. The molecule has 0 bridgehead atoms. The molecule has 2 aromatic carbocycles. The third-order valence-electron chi connectivity index (χ3n) is 6.30. The molecule has 8 heteroatoms. The van der Waals surface area contributed by atoms with E-state index in [-0.39, 0.29) is 28.0 Å². The lowest BCUT2D eigenvalue weighted by atomic mass is 9.78. The molecular weight excluding hydrogens is 428 g/mol. The van der Waals surface area contributed by atoms with Crippen molar-refractivity contribution in [2.75, 3.05) is 5.32 Å². The molecule has 0 aromatic heterocycles. The lowest BCUT2D eigenvalue weighted by Crippen LogP contribution is -2.55. The zero-order valence-electron chi connectivity index (χ0n) is 17.6. The maximum Gasteiger partial charge on any atom is 0.244 e. The molecule has 0 spiro atoms. The van der Waals surface area contributed by atoms with Crippen molar-refractivity contribution in [3.63, 3.8) is 0 Å². The smallest absolute Gasteiger partial charge is 0.244 e. The van der Waals surface area contributed by atoms with Gasteiger partial charge in [0.2, 0.25) is 21.7 Å². The van der Waals surface area contributed by atoms with Gasteiger partial charge in [0.25, 0.3) is 0 Å². The highest BCUT2D eigenvalue weighted by Crippen LogP contribution is 2.30. The minimum Gasteiger partial charge on any atom is -0.352 e. The molecule has 4 rings (SSSR count). The summed E-state index contributed by atoms with van der Waals surface area (Å²) in [7, 11) is -3.67. The summed E-state index contributed by atoms with van der Waals surface area (Å²) in [5.74, 6) is -2.72. The molecule has 2 amide bonds. The first-order valence-electron chi connectivity index (χ1n) is 10.9. The van der Waals surface area contributed by atoms with Crippen LogP contribution < -0.4 is 10.6 Å². The average molecular weight is 455 g/mol. The summed E-state index contributed by atoms with van der Waals surface area (Å²) in [6.07, 6.45) is 5.54. The maximum absolute atomic E-state index is 12.7. The van der Waals surface area contributed by atoms with E-state index in [1.165, 1.54) is 42.8 Å². The van der Waals surface area contributed by atoms with Gasteiger partial charge in [0.1, 0.15) is 0 Å². The van der Waals surface area contributed by atoms with E-state index in [2.05, 4.69) is 10.6 Å². The fraction of sp³-hybridized carbons (Fsp3) is 0.375. The minimum absolute atomic E-state index is 0.0866. The standard InChI is InChI=1S/C24H26N2O5S/c27-21-15-20(16-7-3-1-4-8-16)26-24(29)22(21)23(28)25-17-11-13-19(14-12-17)32(30,31)18-9-5-2-6-10-18/h2,5-6,9-14,16,20,22H,1,3-4,7-8,15H2,(H,25,28)(H,26,29). The molecule has 1 heterocycles. The highest BCUT2D eigenvalue weighted by molar-refractivity contribution is 7.91. The first-order valence-corrected chi connectivity index (χ1v) is 12.4. The van der Waals surface area contributed by atoms with Crippen molar-refractivity contribution in [1.82, 2.24) is 5.32 Å². The number of nitrogens with one attached hydrogen (secondary N) is 2. The monoisotopic (exact) mass is 454 g/mol. The first-order chi connectivity index (χ1) is 15.4. The Hall–Kier alpha value is -3.00. The zero-order valence-corrected chi connectivity index (χ0v) is 18.4. The fourth-order valence-corrected chi connectivity index (χ4v) is 5.83. The van der Waals surface area contributed by atoms with Gasteiger partial charge in [-0.15, -0.1) is 0 Å². The summed E-state index contributed by atoms with van der Waals surface area (Å²) in [6.45, 7) is 0. The van der Waals surface area contributed by atoms with Gasteiger partial charge in [-0.05, 0) is 55.2 Å². The molecule has 2 atom stereocenters. The van der Waals surface area contributed by atoms with E-state index in [9.17, 15) is 22.8 Å². The van der Waals surface area contributed by atoms with E-state index in [1.54, 1.807) is 18.2 Å². The topological polar surface area (TPSA) is 109 Å². The van der Waals surface area contributed by atoms with Crippen LogP contribution in [0.15, 0.2) is 64.4 Å². The SMILES string of the molecule is O=C1CC(C2CCCCC2)NC(=O)C1C(=O)Nc1ccc(S(=O)(=O)c2ccccc2)cc1. The van der Waals surface area contributed by atoms with E-state index in [0.29, 0.717) is 11.6 Å². The van der Waals surface area contributed by atoms with Crippen LogP contribution in [0.3, 0.4) is 0 Å². The van der Waals surface area contributed by atoms with Gasteiger partial charge >= 0.3 is 0 Å². The maximum atomic E-state index is 12.7. The Kier molecular flexibility index (Phi) is 6.41. The van der Waals surface area contributed by atoms with Gasteiger partial charge in [-0.1, -0.05) is 37.5 Å². The van der Waals surface area contributed by atoms with Crippen molar-refractivity contribution in [1.29, 1.82) is 0 Å². The molecule has 0 radical (unpaired) electrons. The Morgan fingerprint density at radius 2 is 1.50 bits per heavy atom. The summed E-state index contributed by atoms with van der Waals surface area (Å²) < 4.78 is 25.4. The number of ketones is 1. The molecule has 2 unspecified atom stereocenters. The van der Waals surface area contributed by atoms with Crippen LogP contribution in [0.2, 0.25) is 0 Å². The first kappa shape index (κ1) is 22.2. The number of hydrogen-bond donors (Lipinski definition) is 2. The van der Waals surface area contributed by atoms with Gasteiger partial charge in [0, 0.05) is 18.2 Å². The molecule has 1 saturated carbocycles. The molecule has 32 heavy (non-hydrogen) atoms. The van der Waals surface area contributed by atoms with Crippen LogP contribution >= 0.6 is 0 Å². The molecule has 168 valence electrons. The van der Waals surface area contributed by atoms with Crippen molar-refractivity contribution < 1.29 is 22.8 Å². The van der Waals surface area contributed by atoms with E-state index in [1.807, 2.05) is 0 Å². The van der Waals surface area contributed by atoms with Gasteiger partial charge in [-0.25, -0.2) is 8.42 Å². The molecule has 2 aromatic rings. The van der Waals surface area contributed by atoms with Crippen molar-refractivity contribution in [3.8, 4) is 0 Å². The predicted octanol–water partition coefficient (Wildman–Crippen LogP) is 3.11. The molecular formula is C24H26N2O5S. The van der Waals surface area contributed by atoms with E-state index in [0.717, 1.165) is 25.7 Å². The summed E-state index contributed by atoms with van der Waals surface area (Å²) in [5, 5.41) is 5.45. The van der Waals surface area contributed by atoms with Gasteiger partial charge in [0.15, 0.2) is 11.7 Å². The second-order valence-corrected chi connectivity index (χ2v) is 10.4. The number of rotatable bonds is 5. The number of benzene rings is 2. The molecule has 1 aliphatic heterocycles. The highest BCUT2D eigenvalue weighted by Gasteiger charge is 2.42. The number of Topliss-reactive ketones (excluding diaryl/α,β-unsaturated/α-hetero) is 1. The van der Waals surface area contributed by atoms with Gasteiger partial charge < -0.3 is 10.6 Å². The van der Waals surface area contributed by atoms with Crippen LogP contribution in [0.25, 0.3) is 0 Å². The van der Waals surface area contributed by atoms with Crippen LogP contribution in [0, 0.1) is 11.8 Å². The molecule has 1 saturated heterocycles. The molecule has 2 fully saturated rings. The minimum atomic E-state index is -3.67. The molecule has 7 nitrogen and oxygen atoms in total. The van der Waals surface area contributed by atoms with E-state index >= 15 is 0 Å². The Bertz CT molecular complexity index is 1090. The van der Waals surface area contributed by atoms with Crippen LogP contribution in [0.1, 0.15) is 38.5 Å². The van der Waals surface area contributed by atoms with Gasteiger partial charge in [-0.3, -0.25) is 14.4 Å². The number of amides is 2. The fourth-order valence-electron chi connectivity index (χ4n) is 4.55.